The molecule has 0 spiro atoms. The lowest BCUT2D eigenvalue weighted by atomic mass is 9.73. The van der Waals surface area contributed by atoms with Crippen LogP contribution in [0.2, 0.25) is 0 Å². The molecule has 1 fully saturated rings. The summed E-state index contributed by atoms with van der Waals surface area (Å²) >= 11 is 0. The van der Waals surface area contributed by atoms with E-state index >= 15 is 0 Å². The number of carbonyl (C=O) groups is 2. The molecule has 1 saturated heterocycles. The number of benzene rings is 3. The van der Waals surface area contributed by atoms with Gasteiger partial charge in [-0.25, -0.2) is 4.79 Å². The maximum Gasteiger partial charge on any atom is 0.356 e. The highest BCUT2D eigenvalue weighted by atomic mass is 31.2. The lowest BCUT2D eigenvalue weighted by molar-refractivity contribution is -0.124. The fourth-order valence-corrected chi connectivity index (χ4v) is 6.53. The van der Waals surface area contributed by atoms with E-state index in [2.05, 4.69) is 10.6 Å². The lowest BCUT2D eigenvalue weighted by Gasteiger charge is -2.36. The van der Waals surface area contributed by atoms with Crippen LogP contribution in [0.5, 0.6) is 11.5 Å². The fourth-order valence-electron chi connectivity index (χ4n) is 5.62. The standard InChI is InChI=1S/C27H27N2O6P/c1-3-16-17(4-2)24(36(32,33)34)14-13-21(16)27(25(30)28-26(31)29-27)15-20-18-9-5-7-11-22(18)35-23-12-8-6-10-19(20)23/h5-14,20H,3-4,15H2,1-2H3,(H2,32,33,34)(H2,28,29,30,31). The van der Waals surface area contributed by atoms with Gasteiger partial charge >= 0.3 is 13.6 Å². The van der Waals surface area contributed by atoms with Gasteiger partial charge in [-0.15, -0.1) is 0 Å². The molecule has 9 heteroatoms. The maximum atomic E-state index is 13.6. The highest BCUT2D eigenvalue weighted by Crippen LogP contribution is 2.50. The van der Waals surface area contributed by atoms with Crippen LogP contribution in [0.4, 0.5) is 4.79 Å². The first-order valence-electron chi connectivity index (χ1n) is 11.9. The smallest absolute Gasteiger partial charge is 0.356 e. The zero-order chi connectivity index (χ0) is 25.7. The normalized spacial score (nSPS) is 19.2. The minimum Gasteiger partial charge on any atom is -0.457 e. The van der Waals surface area contributed by atoms with Gasteiger partial charge in [0.1, 0.15) is 17.0 Å². The Hall–Kier alpha value is -3.45. The fraction of sp³-hybridized carbons (Fsp3) is 0.259. The van der Waals surface area contributed by atoms with Gasteiger partial charge in [-0.05, 0) is 54.2 Å². The van der Waals surface area contributed by atoms with E-state index in [1.54, 1.807) is 6.07 Å². The molecule has 0 radical (unpaired) electrons. The quantitative estimate of drug-likeness (QED) is 0.296. The minimum atomic E-state index is -4.54. The Labute approximate surface area is 208 Å². The van der Waals surface area contributed by atoms with Crippen LogP contribution in [0, 0.1) is 0 Å². The Morgan fingerprint density at radius 1 is 0.889 bits per heavy atom. The number of ether oxygens (including phenoxy) is 1. The summed E-state index contributed by atoms with van der Waals surface area (Å²) in [6, 6.07) is 17.6. The van der Waals surface area contributed by atoms with Crippen molar-refractivity contribution in [1.82, 2.24) is 10.6 Å². The molecule has 2 aliphatic heterocycles. The highest BCUT2D eigenvalue weighted by Gasteiger charge is 2.51. The average molecular weight is 506 g/mol. The van der Waals surface area contributed by atoms with Gasteiger partial charge in [0.15, 0.2) is 0 Å². The van der Waals surface area contributed by atoms with Crippen LogP contribution in [-0.2, 0) is 27.7 Å². The van der Waals surface area contributed by atoms with Crippen molar-refractivity contribution in [1.29, 1.82) is 0 Å². The van der Waals surface area contributed by atoms with Gasteiger partial charge in [0, 0.05) is 17.0 Å². The second kappa shape index (κ2) is 8.89. The molecule has 5 rings (SSSR count). The van der Waals surface area contributed by atoms with E-state index in [1.165, 1.54) is 6.07 Å². The maximum absolute atomic E-state index is 13.6. The third kappa shape index (κ3) is 3.82. The molecule has 0 aromatic heterocycles. The summed E-state index contributed by atoms with van der Waals surface area (Å²) in [7, 11) is -4.54. The van der Waals surface area contributed by atoms with Crippen LogP contribution >= 0.6 is 7.60 Å². The topological polar surface area (TPSA) is 125 Å². The third-order valence-electron chi connectivity index (χ3n) is 7.15. The number of rotatable bonds is 6. The van der Waals surface area contributed by atoms with E-state index in [0.29, 0.717) is 41.0 Å². The van der Waals surface area contributed by atoms with Crippen LogP contribution in [0.1, 0.15) is 54.0 Å². The summed E-state index contributed by atoms with van der Waals surface area (Å²) in [4.78, 5) is 46.1. The average Bonchev–Trinajstić information content (AvgIpc) is 3.15. The SMILES string of the molecule is CCc1c(C2(CC3c4ccccc4Oc4ccccc43)NC(=O)NC2=O)ccc(P(=O)(O)O)c1CC. The van der Waals surface area contributed by atoms with Crippen LogP contribution in [0.15, 0.2) is 60.7 Å². The number of urea groups is 1. The van der Waals surface area contributed by atoms with Crippen LogP contribution in [-0.4, -0.2) is 21.7 Å². The van der Waals surface area contributed by atoms with E-state index in [4.69, 9.17) is 4.74 Å². The van der Waals surface area contributed by atoms with Crippen molar-refractivity contribution >= 4 is 24.8 Å². The molecule has 3 aromatic rings. The van der Waals surface area contributed by atoms with Gasteiger partial charge in [0.2, 0.25) is 0 Å². The summed E-state index contributed by atoms with van der Waals surface area (Å²) < 4.78 is 18.4. The zero-order valence-corrected chi connectivity index (χ0v) is 20.8. The molecular formula is C27H27N2O6P. The number of fused-ring (bicyclic) bond motifs is 2. The van der Waals surface area contributed by atoms with E-state index in [0.717, 1.165) is 11.1 Å². The van der Waals surface area contributed by atoms with Crippen LogP contribution < -0.4 is 20.7 Å². The van der Waals surface area contributed by atoms with E-state index < -0.39 is 25.1 Å². The molecule has 2 aliphatic rings. The Balaban J connectivity index is 1.73. The summed E-state index contributed by atoms with van der Waals surface area (Å²) in [5, 5.41) is 5.25. The van der Waals surface area contributed by atoms with Crippen molar-refractivity contribution in [2.45, 2.75) is 44.6 Å². The van der Waals surface area contributed by atoms with Gasteiger partial charge in [-0.3, -0.25) is 14.7 Å². The van der Waals surface area contributed by atoms with E-state index in [9.17, 15) is 23.9 Å². The monoisotopic (exact) mass is 506 g/mol. The first-order valence-corrected chi connectivity index (χ1v) is 13.5. The number of imide groups is 1. The number of carbonyl (C=O) groups excluding carboxylic acids is 2. The van der Waals surface area contributed by atoms with Gasteiger partial charge in [-0.2, -0.15) is 0 Å². The Bertz CT molecular complexity index is 1390. The van der Waals surface area contributed by atoms with Crippen molar-refractivity contribution < 1.29 is 28.7 Å². The van der Waals surface area contributed by atoms with Gasteiger partial charge in [-0.1, -0.05) is 56.3 Å². The molecule has 0 aliphatic carbocycles. The summed E-state index contributed by atoms with van der Waals surface area (Å²) in [5.41, 5.74) is 2.05. The molecule has 3 amide bonds. The number of para-hydroxylation sites is 2. The number of amides is 3. The first kappa shape index (κ1) is 24.3. The molecule has 0 bridgehead atoms. The Morgan fingerprint density at radius 3 is 1.97 bits per heavy atom. The molecule has 3 aromatic carbocycles. The molecule has 4 N–H and O–H groups in total. The summed E-state index contributed by atoms with van der Waals surface area (Å²) in [6.45, 7) is 3.70. The lowest BCUT2D eigenvalue weighted by Crippen LogP contribution is -2.46. The van der Waals surface area contributed by atoms with Crippen molar-refractivity contribution in [2.24, 2.45) is 0 Å². The summed E-state index contributed by atoms with van der Waals surface area (Å²) in [5.74, 6) is 0.590. The summed E-state index contributed by atoms with van der Waals surface area (Å²) in [6.07, 6.45) is 0.998. The molecule has 1 unspecified atom stereocenters. The molecule has 1 atom stereocenters. The predicted molar refractivity (Wildman–Crippen MR) is 135 cm³/mol. The number of nitrogens with one attached hydrogen (secondary N) is 2. The Morgan fingerprint density at radius 2 is 1.47 bits per heavy atom. The number of hydrogen-bond acceptors (Lipinski definition) is 4. The second-order valence-corrected chi connectivity index (χ2v) is 10.7. The first-order chi connectivity index (χ1) is 17.2. The molecular weight excluding hydrogens is 479 g/mol. The van der Waals surface area contributed by atoms with Crippen LogP contribution in [0.25, 0.3) is 0 Å². The highest BCUT2D eigenvalue weighted by molar-refractivity contribution is 7.60. The number of hydrogen-bond donors (Lipinski definition) is 4. The Kier molecular flexibility index (Phi) is 5.99. The minimum absolute atomic E-state index is 0.0489. The largest absolute Gasteiger partial charge is 0.457 e. The molecule has 2 heterocycles. The van der Waals surface area contributed by atoms with Crippen LogP contribution in [0.3, 0.4) is 0 Å². The van der Waals surface area contributed by atoms with E-state index in [-0.39, 0.29) is 17.6 Å². The van der Waals surface area contributed by atoms with E-state index in [1.807, 2.05) is 62.4 Å². The second-order valence-electron chi connectivity index (χ2n) is 9.09. The third-order valence-corrected chi connectivity index (χ3v) is 8.19. The molecule has 36 heavy (non-hydrogen) atoms. The van der Waals surface area contributed by atoms with Gasteiger partial charge in [0.25, 0.3) is 5.91 Å². The van der Waals surface area contributed by atoms with Gasteiger partial charge in [0.05, 0.1) is 5.30 Å². The molecule has 186 valence electrons. The van der Waals surface area contributed by atoms with Crippen molar-refractivity contribution in [3.05, 3.63) is 88.5 Å². The molecule has 8 nitrogen and oxygen atoms in total. The van der Waals surface area contributed by atoms with Gasteiger partial charge < -0.3 is 19.8 Å². The predicted octanol–water partition coefficient (Wildman–Crippen LogP) is 3.98. The van der Waals surface area contributed by atoms with Crippen molar-refractivity contribution in [2.75, 3.05) is 0 Å². The molecule has 0 saturated carbocycles. The van der Waals surface area contributed by atoms with Crippen molar-refractivity contribution in [3.8, 4) is 11.5 Å². The van der Waals surface area contributed by atoms with Crippen molar-refractivity contribution in [3.63, 3.8) is 0 Å². The zero-order valence-electron chi connectivity index (χ0n) is 19.9.